The molecule has 2 aromatic heterocycles. The van der Waals surface area contributed by atoms with Crippen molar-refractivity contribution in [2.45, 2.75) is 18.8 Å². The van der Waals surface area contributed by atoms with Gasteiger partial charge in [0.1, 0.15) is 5.56 Å². The van der Waals surface area contributed by atoms with Crippen LogP contribution in [0.5, 0.6) is 0 Å². The SMILES string of the molecule is Cn1c(=O)c(C(N)=O)cc2sc(C3CC3)nc21. The van der Waals surface area contributed by atoms with Gasteiger partial charge in [0.15, 0.2) is 5.65 Å². The van der Waals surface area contributed by atoms with Crippen molar-refractivity contribution in [1.82, 2.24) is 9.55 Å². The van der Waals surface area contributed by atoms with Crippen LogP contribution in [0.25, 0.3) is 10.3 Å². The van der Waals surface area contributed by atoms with Crippen LogP contribution in [0.15, 0.2) is 10.9 Å². The first kappa shape index (κ1) is 10.5. The topological polar surface area (TPSA) is 78.0 Å². The summed E-state index contributed by atoms with van der Waals surface area (Å²) in [5.41, 5.74) is 5.49. The van der Waals surface area contributed by atoms with Crippen molar-refractivity contribution in [3.05, 3.63) is 27.0 Å². The molecule has 0 bridgehead atoms. The van der Waals surface area contributed by atoms with Gasteiger partial charge in [-0.05, 0) is 18.9 Å². The molecule has 2 heterocycles. The Balaban J connectivity index is 2.31. The van der Waals surface area contributed by atoms with Gasteiger partial charge < -0.3 is 5.73 Å². The Morgan fingerprint density at radius 2 is 2.29 bits per heavy atom. The number of carbonyl (C=O) groups excluding carboxylic acids is 1. The van der Waals surface area contributed by atoms with E-state index in [-0.39, 0.29) is 11.1 Å². The van der Waals surface area contributed by atoms with Gasteiger partial charge in [-0.25, -0.2) is 4.98 Å². The molecule has 1 saturated carbocycles. The highest BCUT2D eigenvalue weighted by Crippen LogP contribution is 2.43. The van der Waals surface area contributed by atoms with Crippen molar-refractivity contribution in [3.8, 4) is 0 Å². The number of carbonyl (C=O) groups is 1. The number of amides is 1. The highest BCUT2D eigenvalue weighted by Gasteiger charge is 2.28. The van der Waals surface area contributed by atoms with E-state index in [2.05, 4.69) is 4.98 Å². The Hall–Kier alpha value is -1.69. The highest BCUT2D eigenvalue weighted by atomic mass is 32.1. The zero-order chi connectivity index (χ0) is 12.2. The van der Waals surface area contributed by atoms with Gasteiger partial charge in [0.2, 0.25) is 0 Å². The average Bonchev–Trinajstić information content (AvgIpc) is 3.04. The smallest absolute Gasteiger partial charge is 0.264 e. The summed E-state index contributed by atoms with van der Waals surface area (Å²) in [5.74, 6) is -0.145. The first-order chi connectivity index (χ1) is 8.08. The van der Waals surface area contributed by atoms with Gasteiger partial charge in [0.05, 0.1) is 9.71 Å². The molecular formula is C11H11N3O2S. The first-order valence-corrected chi connectivity index (χ1v) is 6.20. The highest BCUT2D eigenvalue weighted by molar-refractivity contribution is 7.18. The van der Waals surface area contributed by atoms with Gasteiger partial charge in [-0.3, -0.25) is 14.2 Å². The van der Waals surface area contributed by atoms with E-state index in [0.29, 0.717) is 11.6 Å². The lowest BCUT2D eigenvalue weighted by Crippen LogP contribution is -2.28. The number of hydrogen-bond acceptors (Lipinski definition) is 4. The molecule has 17 heavy (non-hydrogen) atoms. The number of rotatable bonds is 2. The summed E-state index contributed by atoms with van der Waals surface area (Å²) in [7, 11) is 1.62. The number of fused-ring (bicyclic) bond motifs is 1. The fourth-order valence-corrected chi connectivity index (χ4v) is 3.04. The second kappa shape index (κ2) is 3.40. The van der Waals surface area contributed by atoms with Crippen LogP contribution in [0.1, 0.15) is 34.1 Å². The van der Waals surface area contributed by atoms with Gasteiger partial charge in [0.25, 0.3) is 11.5 Å². The fraction of sp³-hybridized carbons (Fsp3) is 0.364. The van der Waals surface area contributed by atoms with E-state index in [1.807, 2.05) is 0 Å². The van der Waals surface area contributed by atoms with Crippen molar-refractivity contribution in [1.29, 1.82) is 0 Å². The predicted octanol–water partition coefficient (Wildman–Crippen LogP) is 0.971. The van der Waals surface area contributed by atoms with Gasteiger partial charge in [-0.2, -0.15) is 0 Å². The molecule has 88 valence electrons. The summed E-state index contributed by atoms with van der Waals surface area (Å²) in [6, 6.07) is 1.56. The molecule has 2 aromatic rings. The minimum Gasteiger partial charge on any atom is -0.365 e. The Labute approximate surface area is 101 Å². The Morgan fingerprint density at radius 3 is 2.88 bits per heavy atom. The molecule has 1 amide bonds. The standard InChI is InChI=1S/C11H11N3O2S/c1-14-9-7(4-6(8(12)15)11(14)16)17-10(13-9)5-2-3-5/h4-5H,2-3H2,1H3,(H2,12,15). The van der Waals surface area contributed by atoms with Crippen LogP contribution in [0.3, 0.4) is 0 Å². The van der Waals surface area contributed by atoms with E-state index in [9.17, 15) is 9.59 Å². The third kappa shape index (κ3) is 1.56. The largest absolute Gasteiger partial charge is 0.365 e. The maximum Gasteiger partial charge on any atom is 0.264 e. The zero-order valence-corrected chi connectivity index (χ0v) is 10.1. The second-order valence-corrected chi connectivity index (χ2v) is 5.36. The fourth-order valence-electron chi connectivity index (χ4n) is 1.83. The van der Waals surface area contributed by atoms with Crippen LogP contribution in [0, 0.1) is 0 Å². The second-order valence-electron chi connectivity index (χ2n) is 4.30. The van der Waals surface area contributed by atoms with E-state index < -0.39 is 5.91 Å². The number of hydrogen-bond donors (Lipinski definition) is 1. The van der Waals surface area contributed by atoms with E-state index in [0.717, 1.165) is 22.5 Å². The monoisotopic (exact) mass is 249 g/mol. The van der Waals surface area contributed by atoms with E-state index >= 15 is 0 Å². The van der Waals surface area contributed by atoms with Crippen molar-refractivity contribution in [3.63, 3.8) is 0 Å². The van der Waals surface area contributed by atoms with Crippen molar-refractivity contribution in [2.24, 2.45) is 12.8 Å². The van der Waals surface area contributed by atoms with E-state index in [1.165, 1.54) is 4.57 Å². The summed E-state index contributed by atoms with van der Waals surface area (Å²) in [6.07, 6.45) is 2.33. The molecule has 1 aliphatic rings. The van der Waals surface area contributed by atoms with Gasteiger partial charge >= 0.3 is 0 Å². The lowest BCUT2D eigenvalue weighted by atomic mass is 10.2. The van der Waals surface area contributed by atoms with Gasteiger partial charge in [-0.1, -0.05) is 0 Å². The van der Waals surface area contributed by atoms with Crippen LogP contribution >= 0.6 is 11.3 Å². The Morgan fingerprint density at radius 1 is 1.59 bits per heavy atom. The third-order valence-corrected chi connectivity index (χ3v) is 4.13. The Kier molecular flexibility index (Phi) is 2.09. The zero-order valence-electron chi connectivity index (χ0n) is 9.27. The molecule has 5 nitrogen and oxygen atoms in total. The lowest BCUT2D eigenvalue weighted by Gasteiger charge is -2.00. The molecule has 0 unspecified atom stereocenters. The van der Waals surface area contributed by atoms with Crippen molar-refractivity contribution >= 4 is 27.6 Å². The number of nitrogens with zero attached hydrogens (tertiary/aromatic N) is 2. The number of thiazole rings is 1. The molecule has 1 fully saturated rings. The molecule has 1 aliphatic carbocycles. The molecule has 0 aromatic carbocycles. The number of primary amides is 1. The van der Waals surface area contributed by atoms with Crippen LogP contribution in [-0.2, 0) is 7.05 Å². The van der Waals surface area contributed by atoms with Crippen LogP contribution in [-0.4, -0.2) is 15.5 Å². The summed E-state index contributed by atoms with van der Waals surface area (Å²) in [6.45, 7) is 0. The number of aromatic nitrogens is 2. The van der Waals surface area contributed by atoms with Crippen molar-refractivity contribution < 1.29 is 4.79 Å². The van der Waals surface area contributed by atoms with Crippen LogP contribution < -0.4 is 11.3 Å². The molecule has 0 aliphatic heterocycles. The van der Waals surface area contributed by atoms with E-state index in [4.69, 9.17) is 5.73 Å². The maximum absolute atomic E-state index is 11.8. The van der Waals surface area contributed by atoms with Crippen molar-refractivity contribution in [2.75, 3.05) is 0 Å². The molecular weight excluding hydrogens is 238 g/mol. The van der Waals surface area contributed by atoms with Gasteiger partial charge in [-0.15, -0.1) is 11.3 Å². The summed E-state index contributed by atoms with van der Waals surface area (Å²) >= 11 is 1.54. The molecule has 0 saturated heterocycles. The third-order valence-electron chi connectivity index (χ3n) is 2.97. The quantitative estimate of drug-likeness (QED) is 0.861. The molecule has 0 radical (unpaired) electrons. The number of nitrogens with two attached hydrogens (primary N) is 1. The lowest BCUT2D eigenvalue weighted by molar-refractivity contribution is 0.0998. The first-order valence-electron chi connectivity index (χ1n) is 5.38. The molecule has 0 atom stereocenters. The number of aryl methyl sites for hydroxylation is 1. The Bertz CT molecular complexity index is 682. The normalized spacial score (nSPS) is 15.4. The minimum absolute atomic E-state index is 0.0333. The molecule has 0 spiro atoms. The summed E-state index contributed by atoms with van der Waals surface area (Å²) < 4.78 is 2.25. The van der Waals surface area contributed by atoms with E-state index in [1.54, 1.807) is 24.5 Å². The predicted molar refractivity (Wildman–Crippen MR) is 65.4 cm³/mol. The molecule has 2 N–H and O–H groups in total. The average molecular weight is 249 g/mol. The minimum atomic E-state index is -0.686. The van der Waals surface area contributed by atoms with Gasteiger partial charge in [0, 0.05) is 13.0 Å². The summed E-state index contributed by atoms with van der Waals surface area (Å²) in [4.78, 5) is 27.5. The summed E-state index contributed by atoms with van der Waals surface area (Å²) in [5, 5.41) is 1.05. The molecule has 3 rings (SSSR count). The number of pyridine rings is 1. The maximum atomic E-state index is 11.8. The van der Waals surface area contributed by atoms with Crippen LogP contribution in [0.2, 0.25) is 0 Å². The van der Waals surface area contributed by atoms with Crippen LogP contribution in [0.4, 0.5) is 0 Å². The molecule has 6 heteroatoms.